The first-order chi connectivity index (χ1) is 10.6. The average Bonchev–Trinajstić information content (AvgIpc) is 2.50. The van der Waals surface area contributed by atoms with E-state index in [2.05, 4.69) is 17.2 Å². The van der Waals surface area contributed by atoms with Gasteiger partial charge in [-0.05, 0) is 17.7 Å². The van der Waals surface area contributed by atoms with Crippen molar-refractivity contribution in [2.24, 2.45) is 0 Å². The molecule has 0 bridgehead atoms. The van der Waals surface area contributed by atoms with Crippen molar-refractivity contribution in [1.29, 1.82) is 0 Å². The first kappa shape index (κ1) is 15.5. The maximum atomic E-state index is 12.9. The van der Waals surface area contributed by atoms with Crippen LogP contribution in [0.5, 0.6) is 0 Å². The molecule has 0 heterocycles. The number of halogens is 2. The molecule has 1 amide bonds. The number of hydrogen-bond donors (Lipinski definition) is 1. The Morgan fingerprint density at radius 2 is 1.77 bits per heavy atom. The molecule has 0 spiro atoms. The second-order valence-electron chi connectivity index (χ2n) is 4.38. The standard InChI is InChI=1S/C17H13F2NO2/c18-15-9-14(10-16(19)11-15)7-4-8-20-17(21)22-12-13-5-2-1-3-6-13/h1-3,5-6,9-11H,8,12H2,(H,20,21). The zero-order valence-corrected chi connectivity index (χ0v) is 11.6. The minimum Gasteiger partial charge on any atom is -0.445 e. The second-order valence-corrected chi connectivity index (χ2v) is 4.38. The summed E-state index contributed by atoms with van der Waals surface area (Å²) >= 11 is 0. The number of benzene rings is 2. The van der Waals surface area contributed by atoms with E-state index in [1.165, 1.54) is 0 Å². The summed E-state index contributed by atoms with van der Waals surface area (Å²) in [7, 11) is 0. The van der Waals surface area contributed by atoms with Crippen molar-refractivity contribution in [3.63, 3.8) is 0 Å². The molecule has 0 fully saturated rings. The fourth-order valence-electron chi connectivity index (χ4n) is 1.66. The molecular formula is C17H13F2NO2. The zero-order valence-electron chi connectivity index (χ0n) is 11.6. The van der Waals surface area contributed by atoms with Gasteiger partial charge in [0.15, 0.2) is 0 Å². The highest BCUT2D eigenvalue weighted by molar-refractivity contribution is 5.67. The van der Waals surface area contributed by atoms with Crippen LogP contribution in [0.15, 0.2) is 48.5 Å². The van der Waals surface area contributed by atoms with E-state index >= 15 is 0 Å². The van der Waals surface area contributed by atoms with Gasteiger partial charge in [-0.25, -0.2) is 13.6 Å². The van der Waals surface area contributed by atoms with Crippen molar-refractivity contribution < 1.29 is 18.3 Å². The molecule has 1 N–H and O–H groups in total. The van der Waals surface area contributed by atoms with Crippen LogP contribution in [0.1, 0.15) is 11.1 Å². The van der Waals surface area contributed by atoms with E-state index in [9.17, 15) is 13.6 Å². The van der Waals surface area contributed by atoms with Gasteiger partial charge >= 0.3 is 6.09 Å². The van der Waals surface area contributed by atoms with Crippen LogP contribution >= 0.6 is 0 Å². The molecule has 0 aromatic heterocycles. The summed E-state index contributed by atoms with van der Waals surface area (Å²) in [5, 5.41) is 2.43. The number of ether oxygens (including phenoxy) is 1. The number of hydrogen-bond acceptors (Lipinski definition) is 2. The highest BCUT2D eigenvalue weighted by atomic mass is 19.1. The summed E-state index contributed by atoms with van der Waals surface area (Å²) in [6.07, 6.45) is -0.608. The molecule has 3 nitrogen and oxygen atoms in total. The van der Waals surface area contributed by atoms with Crippen molar-refractivity contribution >= 4 is 6.09 Å². The molecular weight excluding hydrogens is 288 g/mol. The Labute approximate surface area is 126 Å². The summed E-state index contributed by atoms with van der Waals surface area (Å²) in [6, 6.07) is 12.2. The average molecular weight is 301 g/mol. The van der Waals surface area contributed by atoms with E-state index in [1.807, 2.05) is 30.3 Å². The zero-order chi connectivity index (χ0) is 15.8. The van der Waals surface area contributed by atoms with Gasteiger partial charge in [-0.2, -0.15) is 0 Å². The maximum absolute atomic E-state index is 12.9. The molecule has 2 rings (SSSR count). The lowest BCUT2D eigenvalue weighted by molar-refractivity contribution is 0.141. The van der Waals surface area contributed by atoms with Gasteiger partial charge < -0.3 is 10.1 Å². The molecule has 0 aliphatic heterocycles. The fourth-order valence-corrected chi connectivity index (χ4v) is 1.66. The Kier molecular flexibility index (Phi) is 5.50. The van der Waals surface area contributed by atoms with Gasteiger partial charge in [0, 0.05) is 11.6 Å². The number of carbonyl (C=O) groups is 1. The van der Waals surface area contributed by atoms with Crippen LogP contribution in [0.3, 0.4) is 0 Å². The molecule has 112 valence electrons. The van der Waals surface area contributed by atoms with Gasteiger partial charge in [-0.3, -0.25) is 0 Å². The topological polar surface area (TPSA) is 38.3 Å². The summed E-state index contributed by atoms with van der Waals surface area (Å²) in [6.45, 7) is 0.182. The highest BCUT2D eigenvalue weighted by Gasteiger charge is 2.00. The molecule has 22 heavy (non-hydrogen) atoms. The van der Waals surface area contributed by atoms with Crippen molar-refractivity contribution in [3.05, 3.63) is 71.3 Å². The number of carbonyl (C=O) groups excluding carboxylic acids is 1. The molecule has 0 saturated carbocycles. The van der Waals surface area contributed by atoms with Gasteiger partial charge in [0.1, 0.15) is 18.2 Å². The quantitative estimate of drug-likeness (QED) is 0.884. The van der Waals surface area contributed by atoms with Crippen LogP contribution in [-0.2, 0) is 11.3 Å². The first-order valence-corrected chi connectivity index (χ1v) is 6.53. The van der Waals surface area contributed by atoms with Gasteiger partial charge in [0.2, 0.25) is 0 Å². The van der Waals surface area contributed by atoms with Gasteiger partial charge in [-0.15, -0.1) is 0 Å². The SMILES string of the molecule is O=C(NCC#Cc1cc(F)cc(F)c1)OCc1ccccc1. The smallest absolute Gasteiger partial charge is 0.408 e. The minimum atomic E-state index is -0.695. The van der Waals surface area contributed by atoms with Crippen molar-refractivity contribution in [2.75, 3.05) is 6.54 Å². The summed E-state index contributed by atoms with van der Waals surface area (Å²) in [4.78, 5) is 11.4. The third-order valence-corrected chi connectivity index (χ3v) is 2.63. The number of nitrogens with one attached hydrogen (secondary N) is 1. The minimum absolute atomic E-state index is 0.0196. The monoisotopic (exact) mass is 301 g/mol. The van der Waals surface area contributed by atoms with E-state index in [-0.39, 0.29) is 18.7 Å². The van der Waals surface area contributed by atoms with Crippen LogP contribution in [0, 0.1) is 23.5 Å². The van der Waals surface area contributed by atoms with Gasteiger partial charge in [-0.1, -0.05) is 42.2 Å². The van der Waals surface area contributed by atoms with Crippen LogP contribution in [-0.4, -0.2) is 12.6 Å². The molecule has 0 unspecified atom stereocenters. The van der Waals surface area contributed by atoms with E-state index in [0.717, 1.165) is 23.8 Å². The van der Waals surface area contributed by atoms with E-state index in [0.29, 0.717) is 0 Å². The van der Waals surface area contributed by atoms with E-state index in [1.54, 1.807) is 0 Å². The Balaban J connectivity index is 1.76. The number of alkyl carbamates (subject to hydrolysis) is 1. The van der Waals surface area contributed by atoms with Crippen LogP contribution in [0.4, 0.5) is 13.6 Å². The summed E-state index contributed by atoms with van der Waals surface area (Å²) < 4.78 is 30.8. The normalized spacial score (nSPS) is 9.55. The predicted molar refractivity (Wildman–Crippen MR) is 77.9 cm³/mol. The van der Waals surface area contributed by atoms with Crippen LogP contribution in [0.2, 0.25) is 0 Å². The molecule has 0 aliphatic rings. The second kappa shape index (κ2) is 7.79. The highest BCUT2D eigenvalue weighted by Crippen LogP contribution is 2.06. The molecule has 5 heteroatoms. The van der Waals surface area contributed by atoms with Crippen molar-refractivity contribution in [2.45, 2.75) is 6.61 Å². The lowest BCUT2D eigenvalue weighted by Crippen LogP contribution is -2.24. The molecule has 0 saturated heterocycles. The third kappa shape index (κ3) is 5.25. The van der Waals surface area contributed by atoms with Gasteiger partial charge in [0.05, 0.1) is 6.54 Å². The van der Waals surface area contributed by atoms with Crippen molar-refractivity contribution in [1.82, 2.24) is 5.32 Å². The van der Waals surface area contributed by atoms with E-state index in [4.69, 9.17) is 4.74 Å². The molecule has 0 aliphatic carbocycles. The van der Waals surface area contributed by atoms with Crippen molar-refractivity contribution in [3.8, 4) is 11.8 Å². The summed E-state index contributed by atoms with van der Waals surface area (Å²) in [5.41, 5.74) is 1.08. The lowest BCUT2D eigenvalue weighted by atomic mass is 10.2. The van der Waals surface area contributed by atoms with Crippen LogP contribution < -0.4 is 5.32 Å². The Morgan fingerprint density at radius 3 is 2.45 bits per heavy atom. The maximum Gasteiger partial charge on any atom is 0.408 e. The summed E-state index contributed by atoms with van der Waals surface area (Å²) in [5.74, 6) is 3.76. The Bertz CT molecular complexity index is 685. The number of rotatable bonds is 3. The molecule has 2 aromatic carbocycles. The first-order valence-electron chi connectivity index (χ1n) is 6.53. The molecule has 0 radical (unpaired) electrons. The number of amides is 1. The van der Waals surface area contributed by atoms with Gasteiger partial charge in [0.25, 0.3) is 0 Å². The largest absolute Gasteiger partial charge is 0.445 e. The molecule has 0 atom stereocenters. The Morgan fingerprint density at radius 1 is 1.09 bits per heavy atom. The lowest BCUT2D eigenvalue weighted by Gasteiger charge is -2.04. The predicted octanol–water partition coefficient (Wildman–Crippen LogP) is 3.24. The van der Waals surface area contributed by atoms with Crippen LogP contribution in [0.25, 0.3) is 0 Å². The fraction of sp³-hybridized carbons (Fsp3) is 0.118. The third-order valence-electron chi connectivity index (χ3n) is 2.63. The van der Waals surface area contributed by atoms with E-state index < -0.39 is 17.7 Å². The molecule has 2 aromatic rings. The Hall–Kier alpha value is -2.87.